The molecule has 2 aromatic carbocycles. The summed E-state index contributed by atoms with van der Waals surface area (Å²) in [5, 5.41) is 14.7. The molecule has 0 aliphatic rings. The molecule has 0 fully saturated rings. The van der Waals surface area contributed by atoms with E-state index in [4.69, 9.17) is 0 Å². The van der Waals surface area contributed by atoms with E-state index in [1.54, 1.807) is 18.2 Å². The lowest BCUT2D eigenvalue weighted by atomic mass is 10.1. The van der Waals surface area contributed by atoms with Gasteiger partial charge < -0.3 is 0 Å². The summed E-state index contributed by atoms with van der Waals surface area (Å²) in [6, 6.07) is 17.7. The molecule has 8 heteroatoms. The minimum atomic E-state index is -3.90. The fourth-order valence-corrected chi connectivity index (χ4v) is 4.22. The summed E-state index contributed by atoms with van der Waals surface area (Å²) in [6.07, 6.45) is 1.32. The molecule has 0 saturated heterocycles. The van der Waals surface area contributed by atoms with Crippen molar-refractivity contribution in [1.29, 1.82) is 5.26 Å². The summed E-state index contributed by atoms with van der Waals surface area (Å²) in [5.74, 6) is 0.479. The van der Waals surface area contributed by atoms with Gasteiger partial charge >= 0.3 is 0 Å². The molecular formula is C21H17N5O2S. The average Bonchev–Trinajstić information content (AvgIpc) is 3.11. The van der Waals surface area contributed by atoms with Crippen LogP contribution in [0.4, 0.5) is 5.82 Å². The highest BCUT2D eigenvalue weighted by Gasteiger charge is 2.21. The Morgan fingerprint density at radius 1 is 1.03 bits per heavy atom. The Hall–Kier alpha value is -3.70. The standard InChI is InChI=1S/C21H17N5O2S/c1-14-7-6-10-18-15(2)11-19(24-20(14)18)26-21(16(12-22)13-23-26)25-29(27,28)17-8-4-3-5-9-17/h3-11,13,25H,1-2H3. The Morgan fingerprint density at radius 2 is 1.79 bits per heavy atom. The van der Waals surface area contributed by atoms with E-state index in [1.807, 2.05) is 44.2 Å². The number of nitrogens with zero attached hydrogens (tertiary/aromatic N) is 4. The molecule has 4 aromatic rings. The van der Waals surface area contributed by atoms with Crippen molar-refractivity contribution >= 4 is 26.7 Å². The van der Waals surface area contributed by atoms with Crippen LogP contribution in [0.1, 0.15) is 16.7 Å². The lowest BCUT2D eigenvalue weighted by Gasteiger charge is -2.13. The molecule has 0 atom stereocenters. The predicted molar refractivity (Wildman–Crippen MR) is 110 cm³/mol. The first-order valence-electron chi connectivity index (χ1n) is 8.84. The fraction of sp³-hybridized carbons (Fsp3) is 0.0952. The maximum Gasteiger partial charge on any atom is 0.263 e. The van der Waals surface area contributed by atoms with Gasteiger partial charge in [0.2, 0.25) is 0 Å². The quantitative estimate of drug-likeness (QED) is 0.560. The molecule has 0 amide bonds. The molecule has 2 heterocycles. The SMILES string of the molecule is Cc1cc(-n2ncc(C#N)c2NS(=O)(=O)c2ccccc2)nc2c(C)cccc12. The minimum absolute atomic E-state index is 0.0520. The van der Waals surface area contributed by atoms with Gasteiger partial charge in [0.15, 0.2) is 11.6 Å². The molecular weight excluding hydrogens is 386 g/mol. The van der Waals surface area contributed by atoms with Gasteiger partial charge in [-0.2, -0.15) is 15.0 Å². The van der Waals surface area contributed by atoms with Crippen LogP contribution in [0, 0.1) is 25.2 Å². The monoisotopic (exact) mass is 403 g/mol. The van der Waals surface area contributed by atoms with Crippen molar-refractivity contribution in [2.24, 2.45) is 0 Å². The average molecular weight is 403 g/mol. The Bertz CT molecular complexity index is 1370. The normalized spacial score (nSPS) is 11.3. The van der Waals surface area contributed by atoms with Crippen LogP contribution in [-0.2, 0) is 10.0 Å². The summed E-state index contributed by atoms with van der Waals surface area (Å²) < 4.78 is 29.4. The van der Waals surface area contributed by atoms with E-state index in [-0.39, 0.29) is 16.3 Å². The number of benzene rings is 2. The van der Waals surface area contributed by atoms with E-state index in [2.05, 4.69) is 14.8 Å². The van der Waals surface area contributed by atoms with Crippen molar-refractivity contribution in [2.75, 3.05) is 4.72 Å². The summed E-state index contributed by atoms with van der Waals surface area (Å²) in [5.41, 5.74) is 2.87. The van der Waals surface area contributed by atoms with Gasteiger partial charge in [0.1, 0.15) is 11.6 Å². The number of fused-ring (bicyclic) bond motifs is 1. The molecule has 0 aliphatic carbocycles. The number of aromatic nitrogens is 3. The van der Waals surface area contributed by atoms with Gasteiger partial charge in [-0.1, -0.05) is 36.4 Å². The molecule has 144 valence electrons. The van der Waals surface area contributed by atoms with Gasteiger partial charge in [0.05, 0.1) is 16.6 Å². The van der Waals surface area contributed by atoms with Crippen molar-refractivity contribution in [3.8, 4) is 11.9 Å². The Morgan fingerprint density at radius 3 is 2.52 bits per heavy atom. The van der Waals surface area contributed by atoms with Crippen molar-refractivity contribution in [3.63, 3.8) is 0 Å². The third-order valence-electron chi connectivity index (χ3n) is 4.63. The minimum Gasteiger partial charge on any atom is -0.262 e. The van der Waals surface area contributed by atoms with Gasteiger partial charge in [0, 0.05) is 5.39 Å². The van der Waals surface area contributed by atoms with E-state index in [1.165, 1.54) is 23.0 Å². The van der Waals surface area contributed by atoms with Crippen LogP contribution in [0.15, 0.2) is 65.7 Å². The summed E-state index contributed by atoms with van der Waals surface area (Å²) in [6.45, 7) is 3.91. The highest BCUT2D eigenvalue weighted by Crippen LogP contribution is 2.26. The van der Waals surface area contributed by atoms with Crippen molar-refractivity contribution in [1.82, 2.24) is 14.8 Å². The summed E-state index contributed by atoms with van der Waals surface area (Å²) >= 11 is 0. The number of aryl methyl sites for hydroxylation is 2. The number of sulfonamides is 1. The summed E-state index contributed by atoms with van der Waals surface area (Å²) in [7, 11) is -3.90. The molecule has 2 aromatic heterocycles. The first-order chi connectivity index (χ1) is 13.9. The van der Waals surface area contributed by atoms with Gasteiger partial charge in [-0.05, 0) is 43.2 Å². The van der Waals surface area contributed by atoms with Crippen LogP contribution in [0.3, 0.4) is 0 Å². The van der Waals surface area contributed by atoms with Crippen LogP contribution in [0.5, 0.6) is 0 Å². The van der Waals surface area contributed by atoms with Crippen molar-refractivity contribution in [3.05, 3.63) is 77.5 Å². The van der Waals surface area contributed by atoms with E-state index in [0.717, 1.165) is 22.0 Å². The van der Waals surface area contributed by atoms with E-state index in [9.17, 15) is 13.7 Å². The first kappa shape index (κ1) is 18.7. The number of nitrogens with one attached hydrogen (secondary N) is 1. The molecule has 7 nitrogen and oxygen atoms in total. The number of anilines is 1. The molecule has 0 saturated carbocycles. The highest BCUT2D eigenvalue weighted by atomic mass is 32.2. The Kier molecular flexibility index (Phi) is 4.53. The van der Waals surface area contributed by atoms with Gasteiger partial charge in [-0.25, -0.2) is 13.4 Å². The van der Waals surface area contributed by atoms with Crippen LogP contribution in [-0.4, -0.2) is 23.2 Å². The largest absolute Gasteiger partial charge is 0.263 e. The number of para-hydroxylation sites is 1. The maximum absolute atomic E-state index is 12.8. The van der Waals surface area contributed by atoms with E-state index in [0.29, 0.717) is 5.82 Å². The molecule has 0 aliphatic heterocycles. The van der Waals surface area contributed by atoms with Crippen molar-refractivity contribution < 1.29 is 8.42 Å². The molecule has 0 spiro atoms. The number of hydrogen-bond acceptors (Lipinski definition) is 5. The third kappa shape index (κ3) is 3.32. The van der Waals surface area contributed by atoms with Gasteiger partial charge in [0.25, 0.3) is 10.0 Å². The fourth-order valence-electron chi connectivity index (χ4n) is 3.14. The number of pyridine rings is 1. The van der Waals surface area contributed by atoms with Crippen molar-refractivity contribution in [2.45, 2.75) is 18.7 Å². The van der Waals surface area contributed by atoms with Crippen LogP contribution >= 0.6 is 0 Å². The second-order valence-electron chi connectivity index (χ2n) is 6.62. The van der Waals surface area contributed by atoms with E-state index < -0.39 is 10.0 Å². The molecule has 1 N–H and O–H groups in total. The molecule has 0 bridgehead atoms. The Labute approximate surface area is 168 Å². The second-order valence-corrected chi connectivity index (χ2v) is 8.30. The molecule has 29 heavy (non-hydrogen) atoms. The predicted octanol–water partition coefficient (Wildman–Crippen LogP) is 3.71. The Balaban J connectivity index is 1.88. The summed E-state index contributed by atoms with van der Waals surface area (Å²) in [4.78, 5) is 4.77. The van der Waals surface area contributed by atoms with Crippen LogP contribution in [0.2, 0.25) is 0 Å². The number of nitriles is 1. The zero-order chi connectivity index (χ0) is 20.6. The zero-order valence-corrected chi connectivity index (χ0v) is 16.6. The molecule has 4 rings (SSSR count). The highest BCUT2D eigenvalue weighted by molar-refractivity contribution is 7.92. The first-order valence-corrected chi connectivity index (χ1v) is 10.3. The van der Waals surface area contributed by atoms with E-state index >= 15 is 0 Å². The molecule has 0 unspecified atom stereocenters. The second kappa shape index (κ2) is 7.04. The number of rotatable bonds is 4. The third-order valence-corrected chi connectivity index (χ3v) is 5.98. The van der Waals surface area contributed by atoms with Gasteiger partial charge in [-0.15, -0.1) is 0 Å². The smallest absolute Gasteiger partial charge is 0.262 e. The lowest BCUT2D eigenvalue weighted by Crippen LogP contribution is -2.17. The maximum atomic E-state index is 12.8. The van der Waals surface area contributed by atoms with Crippen LogP contribution < -0.4 is 4.72 Å². The molecule has 0 radical (unpaired) electrons. The zero-order valence-electron chi connectivity index (χ0n) is 15.8. The van der Waals surface area contributed by atoms with Crippen LogP contribution in [0.25, 0.3) is 16.7 Å². The number of hydrogen-bond donors (Lipinski definition) is 1. The van der Waals surface area contributed by atoms with Gasteiger partial charge in [-0.3, -0.25) is 4.72 Å². The lowest BCUT2D eigenvalue weighted by molar-refractivity contribution is 0.600. The topological polar surface area (TPSA) is 101 Å².